The second kappa shape index (κ2) is 4.18. The summed E-state index contributed by atoms with van der Waals surface area (Å²) >= 11 is 13.8. The first-order chi connectivity index (χ1) is 4.39. The van der Waals surface area contributed by atoms with E-state index in [2.05, 4.69) is 47.8 Å². The van der Waals surface area contributed by atoms with Gasteiger partial charge in [0, 0.05) is 0 Å². The molecule has 0 unspecified atom stereocenters. The lowest BCUT2D eigenvalue weighted by atomic mass is 10.3. The van der Waals surface area contributed by atoms with Crippen LogP contribution < -0.4 is 0 Å². The van der Waals surface area contributed by atoms with Crippen molar-refractivity contribution < 1.29 is 9.59 Å². The van der Waals surface area contributed by atoms with Gasteiger partial charge >= 0.3 is 0 Å². The lowest BCUT2D eigenvalue weighted by Gasteiger charge is -2.06. The summed E-state index contributed by atoms with van der Waals surface area (Å²) in [5, 5.41) is 0. The first-order valence-corrected chi connectivity index (χ1v) is 5.01. The Morgan fingerprint density at radius 1 is 1.30 bits per heavy atom. The van der Waals surface area contributed by atoms with Gasteiger partial charge in [0.1, 0.15) is 0 Å². The van der Waals surface area contributed by atoms with Crippen molar-refractivity contribution in [3.8, 4) is 0 Å². The fraction of sp³-hybridized carbons (Fsp3) is 0.500. The molecule has 6 heteroatoms. The van der Waals surface area contributed by atoms with Gasteiger partial charge in [-0.25, -0.2) is 0 Å². The van der Waals surface area contributed by atoms with Crippen molar-refractivity contribution in [1.29, 1.82) is 0 Å². The summed E-state index contributed by atoms with van der Waals surface area (Å²) in [6.45, 7) is 0. The lowest BCUT2D eigenvalue weighted by molar-refractivity contribution is -0.134. The zero-order valence-electron chi connectivity index (χ0n) is 4.54. The maximum absolute atomic E-state index is 10.8. The van der Waals surface area contributed by atoms with Gasteiger partial charge in [0.2, 0.25) is 11.6 Å². The summed E-state index contributed by atoms with van der Waals surface area (Å²) in [7, 11) is 0. The van der Waals surface area contributed by atoms with Crippen molar-refractivity contribution in [2.24, 2.45) is 0 Å². The minimum absolute atomic E-state index is 0.302. The van der Waals surface area contributed by atoms with Crippen molar-refractivity contribution in [3.63, 3.8) is 0 Å². The third-order valence-corrected chi connectivity index (χ3v) is 1.96. The van der Waals surface area contributed by atoms with Gasteiger partial charge < -0.3 is 0 Å². The number of rotatable bonds is 2. The van der Waals surface area contributed by atoms with E-state index in [1.165, 1.54) is 0 Å². The summed E-state index contributed by atoms with van der Waals surface area (Å²) in [6.07, 6.45) is 0. The molecule has 0 bridgehead atoms. The molecule has 0 rings (SSSR count). The van der Waals surface area contributed by atoms with Crippen molar-refractivity contribution in [2.45, 2.75) is 2.14 Å². The Bertz CT molecular complexity index is 162. The summed E-state index contributed by atoms with van der Waals surface area (Å²) in [5.74, 6) is -1.60. The van der Waals surface area contributed by atoms with E-state index in [0.29, 0.717) is 0 Å². The number of Topliss-reactive ketones (excluding diaryl/α,β-unsaturated/α-hetero) is 2. The third-order valence-electron chi connectivity index (χ3n) is 0.632. The largest absolute Gasteiger partial charge is 0.289 e. The quantitative estimate of drug-likeness (QED) is 0.561. The van der Waals surface area contributed by atoms with E-state index in [9.17, 15) is 9.59 Å². The Labute approximate surface area is 88.1 Å². The van der Waals surface area contributed by atoms with Gasteiger partial charge in [-0.15, -0.1) is 11.6 Å². The Kier molecular flexibility index (Phi) is 4.63. The van der Waals surface area contributed by atoms with E-state index in [1.807, 2.05) is 0 Å². The zero-order chi connectivity index (χ0) is 8.36. The average Bonchev–Trinajstić information content (AvgIpc) is 1.83. The highest BCUT2D eigenvalue weighted by molar-refractivity contribution is 9.40. The highest BCUT2D eigenvalue weighted by atomic mass is 80.0. The first-order valence-electron chi connectivity index (χ1n) is 2.10. The Balaban J connectivity index is 4.24. The van der Waals surface area contributed by atoms with Crippen LogP contribution in [0.4, 0.5) is 0 Å². The Morgan fingerprint density at radius 2 is 1.70 bits per heavy atom. The molecule has 58 valence electrons. The minimum Gasteiger partial charge on any atom is -0.289 e. The van der Waals surface area contributed by atoms with Crippen LogP contribution in [-0.4, -0.2) is 19.6 Å². The zero-order valence-corrected chi connectivity index (χ0v) is 10.0. The Hall–Kier alpha value is 1.07. The van der Waals surface area contributed by atoms with Crippen molar-refractivity contribution >= 4 is 71.0 Å². The van der Waals surface area contributed by atoms with Crippen molar-refractivity contribution in [3.05, 3.63) is 0 Å². The minimum atomic E-state index is -1.15. The van der Waals surface area contributed by atoms with Gasteiger partial charge in [-0.05, 0) is 0 Å². The average molecular weight is 357 g/mol. The van der Waals surface area contributed by atoms with Crippen LogP contribution in [0.5, 0.6) is 0 Å². The number of halogens is 4. The van der Waals surface area contributed by atoms with Gasteiger partial charge in [-0.1, -0.05) is 47.8 Å². The van der Waals surface area contributed by atoms with Crippen LogP contribution in [-0.2, 0) is 9.59 Å². The molecule has 0 N–H and O–H groups in total. The normalized spacial score (nSPS) is 11.2. The van der Waals surface area contributed by atoms with E-state index in [1.54, 1.807) is 0 Å². The molecule has 2 nitrogen and oxygen atoms in total. The van der Waals surface area contributed by atoms with Crippen LogP contribution in [0.2, 0.25) is 0 Å². The summed E-state index contributed by atoms with van der Waals surface area (Å²) in [4.78, 5) is 21.4. The van der Waals surface area contributed by atoms with Gasteiger partial charge in [0.05, 0.1) is 5.88 Å². The monoisotopic (exact) mass is 354 g/mol. The number of hydrogen-bond acceptors (Lipinski definition) is 2. The van der Waals surface area contributed by atoms with Gasteiger partial charge in [0.25, 0.3) is 0 Å². The van der Waals surface area contributed by atoms with Crippen LogP contribution >= 0.6 is 59.4 Å². The molecule has 0 spiro atoms. The molecule has 0 radical (unpaired) electrons. The smallest absolute Gasteiger partial charge is 0.237 e. The van der Waals surface area contributed by atoms with Gasteiger partial charge in [-0.3, -0.25) is 9.59 Å². The van der Waals surface area contributed by atoms with Crippen LogP contribution in [0.1, 0.15) is 0 Å². The molecule has 0 aliphatic rings. The molecule has 0 fully saturated rings. The second-order valence-electron chi connectivity index (χ2n) is 1.38. The topological polar surface area (TPSA) is 34.1 Å². The van der Waals surface area contributed by atoms with Crippen molar-refractivity contribution in [2.75, 3.05) is 5.88 Å². The molecule has 0 amide bonds. The first kappa shape index (κ1) is 11.1. The van der Waals surface area contributed by atoms with E-state index in [-0.39, 0.29) is 5.88 Å². The number of ketones is 2. The van der Waals surface area contributed by atoms with Gasteiger partial charge in [-0.2, -0.15) is 0 Å². The highest BCUT2D eigenvalue weighted by Gasteiger charge is 2.33. The molecule has 0 saturated heterocycles. The highest BCUT2D eigenvalue weighted by Crippen LogP contribution is 2.34. The number of alkyl halides is 4. The van der Waals surface area contributed by atoms with E-state index < -0.39 is 13.7 Å². The summed E-state index contributed by atoms with van der Waals surface area (Å²) in [5.41, 5.74) is 0. The molecule has 0 atom stereocenters. The predicted molar refractivity (Wildman–Crippen MR) is 50.2 cm³/mol. The van der Waals surface area contributed by atoms with Crippen LogP contribution in [0.3, 0.4) is 0 Å². The van der Waals surface area contributed by atoms with Crippen LogP contribution in [0, 0.1) is 0 Å². The Morgan fingerprint density at radius 3 is 1.80 bits per heavy atom. The second-order valence-corrected chi connectivity index (χ2v) is 8.41. The van der Waals surface area contributed by atoms with Crippen molar-refractivity contribution in [1.82, 2.24) is 0 Å². The van der Waals surface area contributed by atoms with E-state index in [4.69, 9.17) is 11.6 Å². The number of hydrogen-bond donors (Lipinski definition) is 0. The summed E-state index contributed by atoms with van der Waals surface area (Å²) < 4.78 is -1.15. The number of carbonyl (C=O) groups is 2. The van der Waals surface area contributed by atoms with E-state index >= 15 is 0 Å². The molecular weight excluding hydrogens is 355 g/mol. The fourth-order valence-corrected chi connectivity index (χ4v) is 1.00. The van der Waals surface area contributed by atoms with Crippen LogP contribution in [0.25, 0.3) is 0 Å². The molecule has 0 aromatic heterocycles. The number of carbonyl (C=O) groups excluding carboxylic acids is 2. The fourth-order valence-electron chi connectivity index (χ4n) is 0.219. The predicted octanol–water partition coefficient (Wildman–Crippen LogP) is 2.20. The van der Waals surface area contributed by atoms with Crippen LogP contribution in [0.15, 0.2) is 0 Å². The molecule has 10 heavy (non-hydrogen) atoms. The molecule has 0 heterocycles. The lowest BCUT2D eigenvalue weighted by Crippen LogP contribution is -2.27. The van der Waals surface area contributed by atoms with Gasteiger partial charge in [0.15, 0.2) is 2.14 Å². The van der Waals surface area contributed by atoms with E-state index in [0.717, 1.165) is 0 Å². The standard InChI is InChI=1S/C4H2Br3ClO2/c5-4(6,7)3(10)2(9)1-8/h1H2. The molecular formula is C4H2Br3ClO2. The maximum atomic E-state index is 10.8. The molecule has 0 aromatic carbocycles. The third kappa shape index (κ3) is 3.46. The molecule has 0 saturated carbocycles. The molecule has 0 aliphatic heterocycles. The molecule has 0 aromatic rings. The molecule has 0 aliphatic carbocycles. The maximum Gasteiger partial charge on any atom is 0.237 e. The SMILES string of the molecule is O=C(CCl)C(=O)C(Br)(Br)Br. The summed E-state index contributed by atoms with van der Waals surface area (Å²) in [6, 6.07) is 0.